The number of aromatic nitrogens is 3. The average Bonchev–Trinajstić information content (AvgIpc) is 3.21. The number of fused-ring (bicyclic) bond motifs is 1. The Bertz CT molecular complexity index is 1200. The minimum atomic E-state index is -0.711. The first-order valence-corrected chi connectivity index (χ1v) is 9.23. The zero-order valence-corrected chi connectivity index (χ0v) is 15.4. The largest absolute Gasteiger partial charge is 0.420 e. The molecule has 0 atom stereocenters. The number of para-hydroxylation sites is 1. The van der Waals surface area contributed by atoms with Crippen LogP contribution in [0.3, 0.4) is 0 Å². The highest BCUT2D eigenvalue weighted by atomic mass is 32.2. The fraction of sp³-hybridized carbons (Fsp3) is 0.0556. The Morgan fingerprint density at radius 2 is 1.69 bits per heavy atom. The zero-order valence-electron chi connectivity index (χ0n) is 14.6. The van der Waals surface area contributed by atoms with Gasteiger partial charge in [-0.25, -0.2) is 0 Å². The lowest BCUT2D eigenvalue weighted by Crippen LogP contribution is -1.94. The number of nitro groups is 2. The maximum atomic E-state index is 11.0. The third-order valence-corrected chi connectivity index (χ3v) is 5.02. The number of pyridine rings is 1. The Morgan fingerprint density at radius 3 is 2.41 bits per heavy atom. The molecule has 4 rings (SSSR count). The van der Waals surface area contributed by atoms with E-state index in [1.165, 1.54) is 11.8 Å². The van der Waals surface area contributed by atoms with Gasteiger partial charge in [0, 0.05) is 28.6 Å². The van der Waals surface area contributed by atoms with Gasteiger partial charge in [0.1, 0.15) is 0 Å². The topological polar surface area (TPSA) is 138 Å². The summed E-state index contributed by atoms with van der Waals surface area (Å²) in [6.07, 6.45) is 1.71. The summed E-state index contributed by atoms with van der Waals surface area (Å²) in [5, 5.41) is 30.9. The van der Waals surface area contributed by atoms with Gasteiger partial charge in [-0.1, -0.05) is 18.2 Å². The summed E-state index contributed by atoms with van der Waals surface area (Å²) in [5.74, 6) is 0.607. The third kappa shape index (κ3) is 3.89. The molecule has 0 saturated carbocycles. The number of benzene rings is 2. The lowest BCUT2D eigenvalue weighted by molar-refractivity contribution is -0.394. The molecule has 0 unspecified atom stereocenters. The molecule has 0 fully saturated rings. The summed E-state index contributed by atoms with van der Waals surface area (Å²) in [6, 6.07) is 12.8. The summed E-state index contributed by atoms with van der Waals surface area (Å²) in [6.45, 7) is 0. The summed E-state index contributed by atoms with van der Waals surface area (Å²) in [7, 11) is 0. The minimum absolute atomic E-state index is 0.0246. The number of hydrogen-bond acceptors (Lipinski definition) is 9. The second-order valence-corrected chi connectivity index (χ2v) is 6.89. The molecule has 2 aromatic heterocycles. The second-order valence-electron chi connectivity index (χ2n) is 5.87. The van der Waals surface area contributed by atoms with Crippen LogP contribution in [0, 0.1) is 20.2 Å². The van der Waals surface area contributed by atoms with Crippen molar-refractivity contribution in [3.8, 4) is 11.5 Å². The highest BCUT2D eigenvalue weighted by molar-refractivity contribution is 7.98. The van der Waals surface area contributed by atoms with E-state index in [1.807, 2.05) is 30.3 Å². The molecule has 144 valence electrons. The van der Waals surface area contributed by atoms with E-state index in [4.69, 9.17) is 4.42 Å². The van der Waals surface area contributed by atoms with Gasteiger partial charge in [-0.2, -0.15) is 0 Å². The summed E-state index contributed by atoms with van der Waals surface area (Å²) >= 11 is 1.45. The van der Waals surface area contributed by atoms with Crippen molar-refractivity contribution >= 4 is 34.0 Å². The van der Waals surface area contributed by atoms with Crippen molar-refractivity contribution < 1.29 is 14.3 Å². The Hall–Kier alpha value is -3.86. The van der Waals surface area contributed by atoms with E-state index in [0.29, 0.717) is 5.75 Å². The quantitative estimate of drug-likeness (QED) is 0.258. The first kappa shape index (κ1) is 18.5. The van der Waals surface area contributed by atoms with Gasteiger partial charge >= 0.3 is 0 Å². The van der Waals surface area contributed by atoms with Gasteiger partial charge in [-0.15, -0.1) is 22.0 Å². The van der Waals surface area contributed by atoms with E-state index in [-0.39, 0.29) is 17.3 Å². The van der Waals surface area contributed by atoms with Crippen molar-refractivity contribution in [3.63, 3.8) is 0 Å². The smallest absolute Gasteiger partial charge is 0.277 e. The number of rotatable bonds is 6. The molecule has 4 aromatic rings. The SMILES string of the molecule is O=[N+]([O-])c1cc(-c2nnc(CSc3cccc4cccnc34)o2)cc([N+](=O)[O-])c1. The Kier molecular flexibility index (Phi) is 4.87. The standard InChI is InChI=1S/C18H11N5O5S/c24-22(25)13-7-12(8-14(9-13)23(26)27)18-21-20-16(28-18)10-29-15-5-1-3-11-4-2-6-19-17(11)15/h1-9H,10H2. The van der Waals surface area contributed by atoms with E-state index in [0.717, 1.165) is 34.0 Å². The maximum Gasteiger partial charge on any atom is 0.277 e. The number of nitro benzene ring substituents is 2. The third-order valence-electron chi connectivity index (χ3n) is 3.98. The fourth-order valence-electron chi connectivity index (χ4n) is 2.69. The Labute approximate surface area is 166 Å². The van der Waals surface area contributed by atoms with E-state index in [1.54, 1.807) is 6.20 Å². The predicted octanol–water partition coefficient (Wildman–Crippen LogP) is 4.39. The van der Waals surface area contributed by atoms with Crippen LogP contribution in [-0.2, 0) is 5.75 Å². The highest BCUT2D eigenvalue weighted by Gasteiger charge is 2.20. The molecule has 2 heterocycles. The van der Waals surface area contributed by atoms with E-state index in [2.05, 4.69) is 15.2 Å². The van der Waals surface area contributed by atoms with E-state index in [9.17, 15) is 20.2 Å². The number of non-ortho nitro benzene ring substituents is 2. The van der Waals surface area contributed by atoms with Gasteiger partial charge in [0.05, 0.1) is 32.7 Å². The fourth-order valence-corrected chi connectivity index (χ4v) is 3.57. The molecule has 0 aliphatic rings. The lowest BCUT2D eigenvalue weighted by Gasteiger charge is -2.03. The molecule has 11 heteroatoms. The molecule has 2 aromatic carbocycles. The first-order valence-electron chi connectivity index (χ1n) is 8.24. The molecule has 0 bridgehead atoms. The van der Waals surface area contributed by atoms with Crippen LogP contribution in [0.25, 0.3) is 22.4 Å². The number of thioether (sulfide) groups is 1. The molecule has 0 radical (unpaired) electrons. The van der Waals surface area contributed by atoms with Gasteiger partial charge < -0.3 is 4.42 Å². The molecule has 0 amide bonds. The molecular formula is C18H11N5O5S. The first-order chi connectivity index (χ1) is 14.0. The maximum absolute atomic E-state index is 11.0. The van der Waals surface area contributed by atoms with Crippen molar-refractivity contribution in [1.29, 1.82) is 0 Å². The van der Waals surface area contributed by atoms with Gasteiger partial charge in [0.25, 0.3) is 11.4 Å². The van der Waals surface area contributed by atoms with Crippen LogP contribution >= 0.6 is 11.8 Å². The van der Waals surface area contributed by atoms with Gasteiger partial charge in [-0.3, -0.25) is 25.2 Å². The van der Waals surface area contributed by atoms with Crippen molar-refractivity contribution in [1.82, 2.24) is 15.2 Å². The summed E-state index contributed by atoms with van der Waals surface area (Å²) in [4.78, 5) is 26.0. The monoisotopic (exact) mass is 409 g/mol. The van der Waals surface area contributed by atoms with Crippen molar-refractivity contribution in [3.05, 3.63) is 80.8 Å². The molecule has 10 nitrogen and oxygen atoms in total. The second kappa shape index (κ2) is 7.64. The van der Waals surface area contributed by atoms with Crippen LogP contribution in [-0.4, -0.2) is 25.0 Å². The van der Waals surface area contributed by atoms with Crippen LogP contribution in [0.4, 0.5) is 11.4 Å². The molecule has 0 spiro atoms. The Morgan fingerprint density at radius 1 is 0.966 bits per heavy atom. The number of hydrogen-bond donors (Lipinski definition) is 0. The average molecular weight is 409 g/mol. The van der Waals surface area contributed by atoms with E-state index < -0.39 is 21.2 Å². The summed E-state index contributed by atoms with van der Waals surface area (Å²) in [5.41, 5.74) is 0.117. The zero-order chi connectivity index (χ0) is 20.4. The van der Waals surface area contributed by atoms with E-state index >= 15 is 0 Å². The molecule has 0 aliphatic heterocycles. The molecule has 0 saturated heterocycles. The number of nitrogens with zero attached hydrogens (tertiary/aromatic N) is 5. The van der Waals surface area contributed by atoms with Crippen molar-refractivity contribution in [2.45, 2.75) is 10.6 Å². The normalized spacial score (nSPS) is 10.9. The Balaban J connectivity index is 1.59. The van der Waals surface area contributed by atoms with Crippen LogP contribution < -0.4 is 0 Å². The molecular weight excluding hydrogens is 398 g/mol. The van der Waals surface area contributed by atoms with Gasteiger partial charge in [-0.05, 0) is 12.1 Å². The summed E-state index contributed by atoms with van der Waals surface area (Å²) < 4.78 is 5.56. The van der Waals surface area contributed by atoms with Crippen LogP contribution in [0.5, 0.6) is 0 Å². The predicted molar refractivity (Wildman–Crippen MR) is 104 cm³/mol. The van der Waals surface area contributed by atoms with Crippen LogP contribution in [0.15, 0.2) is 64.0 Å². The van der Waals surface area contributed by atoms with Crippen molar-refractivity contribution in [2.24, 2.45) is 0 Å². The molecule has 0 N–H and O–H groups in total. The van der Waals surface area contributed by atoms with Crippen LogP contribution in [0.2, 0.25) is 0 Å². The van der Waals surface area contributed by atoms with Crippen LogP contribution in [0.1, 0.15) is 5.89 Å². The molecule has 0 aliphatic carbocycles. The minimum Gasteiger partial charge on any atom is -0.420 e. The highest BCUT2D eigenvalue weighted by Crippen LogP contribution is 2.31. The van der Waals surface area contributed by atoms with Gasteiger partial charge in [0.15, 0.2) is 0 Å². The molecule has 29 heavy (non-hydrogen) atoms. The van der Waals surface area contributed by atoms with Gasteiger partial charge in [0.2, 0.25) is 11.8 Å². The van der Waals surface area contributed by atoms with Crippen molar-refractivity contribution in [2.75, 3.05) is 0 Å². The lowest BCUT2D eigenvalue weighted by atomic mass is 10.2.